The molecule has 1 aliphatic heterocycles. The molecule has 1 aromatic rings. The predicted octanol–water partition coefficient (Wildman–Crippen LogP) is 4.10. The average molecular weight is 295 g/mol. The second-order valence-electron chi connectivity index (χ2n) is 6.33. The number of hydrogen-bond acceptors (Lipinski definition) is 2. The highest BCUT2D eigenvalue weighted by Crippen LogP contribution is 2.34. The lowest BCUT2D eigenvalue weighted by Gasteiger charge is -2.48. The Kier molecular flexibility index (Phi) is 3.51. The second kappa shape index (κ2) is 5.05. The summed E-state index contributed by atoms with van der Waals surface area (Å²) in [5.74, 6) is -0.362. The van der Waals surface area contributed by atoms with Gasteiger partial charge < -0.3 is 10.2 Å². The van der Waals surface area contributed by atoms with E-state index in [9.17, 15) is 4.39 Å². The Morgan fingerprint density at radius 2 is 2.20 bits per heavy atom. The lowest BCUT2D eigenvalue weighted by molar-refractivity contribution is 0.300. The van der Waals surface area contributed by atoms with Crippen molar-refractivity contribution in [3.8, 4) is 0 Å². The number of hydrogen-bond donors (Lipinski definition) is 1. The molecule has 1 aliphatic carbocycles. The number of piperazine rings is 1. The standard InChI is InChI=1S/C16H20ClFN2/c1-16(2)10-20(11-7-8-13(18)12(17)9-11)15-6-4-3-5-14(15)19-16/h6-9,14,19H,3-5,10H2,1-2H3/t14-/m0/s1. The van der Waals surface area contributed by atoms with E-state index in [1.807, 2.05) is 6.07 Å². The molecule has 2 nitrogen and oxygen atoms in total. The molecule has 20 heavy (non-hydrogen) atoms. The SMILES string of the molecule is CC1(C)CN(c2ccc(F)c(Cl)c2)C2=CCCC[C@@H]2N1. The van der Waals surface area contributed by atoms with E-state index in [1.165, 1.54) is 18.2 Å². The van der Waals surface area contributed by atoms with Gasteiger partial charge in [-0.25, -0.2) is 4.39 Å². The van der Waals surface area contributed by atoms with Gasteiger partial charge in [-0.3, -0.25) is 0 Å². The minimum Gasteiger partial charge on any atom is -0.342 e. The van der Waals surface area contributed by atoms with Crippen LogP contribution in [0.25, 0.3) is 0 Å². The molecule has 1 saturated heterocycles. The van der Waals surface area contributed by atoms with Gasteiger partial charge in [-0.2, -0.15) is 0 Å². The molecule has 1 heterocycles. The maximum atomic E-state index is 13.4. The van der Waals surface area contributed by atoms with E-state index >= 15 is 0 Å². The number of anilines is 1. The molecule has 0 amide bonds. The van der Waals surface area contributed by atoms with Crippen LogP contribution in [-0.4, -0.2) is 18.1 Å². The summed E-state index contributed by atoms with van der Waals surface area (Å²) in [6.45, 7) is 5.27. The summed E-state index contributed by atoms with van der Waals surface area (Å²) in [4.78, 5) is 2.28. The molecule has 0 bridgehead atoms. The van der Waals surface area contributed by atoms with Gasteiger partial charge in [0.15, 0.2) is 0 Å². The van der Waals surface area contributed by atoms with Crippen LogP contribution in [0.2, 0.25) is 5.02 Å². The van der Waals surface area contributed by atoms with Crippen molar-refractivity contribution in [3.63, 3.8) is 0 Å². The summed E-state index contributed by atoms with van der Waals surface area (Å²) in [5.41, 5.74) is 2.31. The summed E-state index contributed by atoms with van der Waals surface area (Å²) in [5, 5.41) is 3.89. The first-order chi connectivity index (χ1) is 9.46. The van der Waals surface area contributed by atoms with Crippen molar-refractivity contribution in [1.29, 1.82) is 0 Å². The maximum absolute atomic E-state index is 13.4. The zero-order chi connectivity index (χ0) is 14.3. The highest BCUT2D eigenvalue weighted by molar-refractivity contribution is 6.31. The molecule has 1 N–H and O–H groups in total. The first-order valence-corrected chi connectivity index (χ1v) is 7.54. The molecule has 1 atom stereocenters. The number of halogens is 2. The van der Waals surface area contributed by atoms with Crippen molar-refractivity contribution in [3.05, 3.63) is 40.8 Å². The van der Waals surface area contributed by atoms with Gasteiger partial charge in [-0.1, -0.05) is 17.7 Å². The van der Waals surface area contributed by atoms with Crippen molar-refractivity contribution in [1.82, 2.24) is 5.32 Å². The molecule has 3 rings (SSSR count). The number of rotatable bonds is 1. The van der Waals surface area contributed by atoms with E-state index in [0.717, 1.165) is 25.1 Å². The average Bonchev–Trinajstić information content (AvgIpc) is 2.40. The quantitative estimate of drug-likeness (QED) is 0.839. The van der Waals surface area contributed by atoms with Gasteiger partial charge in [-0.15, -0.1) is 0 Å². The molecule has 0 aromatic heterocycles. The van der Waals surface area contributed by atoms with Gasteiger partial charge in [0.2, 0.25) is 0 Å². The number of nitrogens with zero attached hydrogens (tertiary/aromatic N) is 1. The third kappa shape index (κ3) is 2.57. The molecule has 0 saturated carbocycles. The molecule has 1 aromatic carbocycles. The van der Waals surface area contributed by atoms with Crippen molar-refractivity contribution >= 4 is 17.3 Å². The van der Waals surface area contributed by atoms with Crippen molar-refractivity contribution in [2.45, 2.75) is 44.7 Å². The van der Waals surface area contributed by atoms with E-state index in [1.54, 1.807) is 6.07 Å². The molecular formula is C16H20ClFN2. The third-order valence-electron chi connectivity index (χ3n) is 4.05. The molecule has 0 unspecified atom stereocenters. The van der Waals surface area contributed by atoms with Crippen LogP contribution in [0.15, 0.2) is 30.0 Å². The zero-order valence-corrected chi connectivity index (χ0v) is 12.7. The fourth-order valence-electron chi connectivity index (χ4n) is 3.20. The van der Waals surface area contributed by atoms with Gasteiger partial charge in [0.05, 0.1) is 5.02 Å². The molecule has 0 spiro atoms. The van der Waals surface area contributed by atoms with Gasteiger partial charge in [0.1, 0.15) is 5.82 Å². The maximum Gasteiger partial charge on any atom is 0.141 e. The van der Waals surface area contributed by atoms with E-state index < -0.39 is 0 Å². The largest absolute Gasteiger partial charge is 0.342 e. The Bertz CT molecular complexity index is 553. The van der Waals surface area contributed by atoms with Gasteiger partial charge >= 0.3 is 0 Å². The van der Waals surface area contributed by atoms with Gasteiger partial charge in [-0.05, 0) is 51.3 Å². The normalized spacial score (nSPS) is 25.1. The van der Waals surface area contributed by atoms with Crippen molar-refractivity contribution in [2.75, 3.05) is 11.4 Å². The fourth-order valence-corrected chi connectivity index (χ4v) is 3.38. The summed E-state index contributed by atoms with van der Waals surface area (Å²) in [6, 6.07) is 5.38. The van der Waals surface area contributed by atoms with Crippen LogP contribution < -0.4 is 10.2 Å². The predicted molar refractivity (Wildman–Crippen MR) is 81.7 cm³/mol. The summed E-state index contributed by atoms with van der Waals surface area (Å²) >= 11 is 5.94. The van der Waals surface area contributed by atoms with Crippen LogP contribution in [0, 0.1) is 5.82 Å². The van der Waals surface area contributed by atoms with Crippen LogP contribution >= 0.6 is 11.6 Å². The summed E-state index contributed by atoms with van der Waals surface area (Å²) in [6.07, 6.45) is 5.78. The topological polar surface area (TPSA) is 15.3 Å². The molecule has 4 heteroatoms. The van der Waals surface area contributed by atoms with E-state index in [4.69, 9.17) is 11.6 Å². The smallest absolute Gasteiger partial charge is 0.141 e. The van der Waals surface area contributed by atoms with Crippen molar-refractivity contribution < 1.29 is 4.39 Å². The Morgan fingerprint density at radius 3 is 2.95 bits per heavy atom. The second-order valence-corrected chi connectivity index (χ2v) is 6.73. The van der Waals surface area contributed by atoms with E-state index in [0.29, 0.717) is 6.04 Å². The monoisotopic (exact) mass is 294 g/mol. The number of fused-ring (bicyclic) bond motifs is 1. The van der Waals surface area contributed by atoms with Gasteiger partial charge in [0, 0.05) is 29.5 Å². The van der Waals surface area contributed by atoms with Crippen LogP contribution in [0.5, 0.6) is 0 Å². The van der Waals surface area contributed by atoms with Gasteiger partial charge in [0.25, 0.3) is 0 Å². The highest BCUT2D eigenvalue weighted by atomic mass is 35.5. The molecule has 2 aliphatic rings. The first kappa shape index (κ1) is 13.9. The minimum absolute atomic E-state index is 0.0280. The third-order valence-corrected chi connectivity index (χ3v) is 4.34. The highest BCUT2D eigenvalue weighted by Gasteiger charge is 2.36. The molecule has 0 radical (unpaired) electrons. The van der Waals surface area contributed by atoms with Crippen molar-refractivity contribution in [2.24, 2.45) is 0 Å². The van der Waals surface area contributed by atoms with E-state index in [2.05, 4.69) is 30.1 Å². The lowest BCUT2D eigenvalue weighted by Crippen LogP contribution is -2.61. The minimum atomic E-state index is -0.362. The summed E-state index contributed by atoms with van der Waals surface area (Å²) in [7, 11) is 0. The first-order valence-electron chi connectivity index (χ1n) is 7.17. The fraction of sp³-hybridized carbons (Fsp3) is 0.500. The van der Waals surface area contributed by atoms with Crippen LogP contribution in [0.1, 0.15) is 33.1 Å². The van der Waals surface area contributed by atoms with Crippen LogP contribution in [-0.2, 0) is 0 Å². The Morgan fingerprint density at radius 1 is 1.40 bits per heavy atom. The Balaban J connectivity index is 2.00. The zero-order valence-electron chi connectivity index (χ0n) is 11.9. The Labute approximate surface area is 124 Å². The Hall–Kier alpha value is -1.06. The molecular weight excluding hydrogens is 275 g/mol. The lowest BCUT2D eigenvalue weighted by atomic mass is 9.89. The number of allylic oxidation sites excluding steroid dienone is 1. The van der Waals surface area contributed by atoms with E-state index in [-0.39, 0.29) is 16.4 Å². The summed E-state index contributed by atoms with van der Waals surface area (Å²) < 4.78 is 13.4. The molecule has 1 fully saturated rings. The van der Waals surface area contributed by atoms with Crippen LogP contribution in [0.3, 0.4) is 0 Å². The molecule has 108 valence electrons. The number of benzene rings is 1. The number of nitrogens with one attached hydrogen (secondary N) is 1. The van der Waals surface area contributed by atoms with Crippen LogP contribution in [0.4, 0.5) is 10.1 Å².